The van der Waals surface area contributed by atoms with Crippen molar-refractivity contribution < 1.29 is 9.53 Å². The number of methoxy groups -OCH3 is 1. The highest BCUT2D eigenvalue weighted by Gasteiger charge is 2.15. The van der Waals surface area contributed by atoms with Crippen LogP contribution in [0.15, 0.2) is 16.6 Å². The Balaban J connectivity index is 2.64. The van der Waals surface area contributed by atoms with E-state index in [1.54, 1.807) is 6.07 Å². The second-order valence-electron chi connectivity index (χ2n) is 3.35. The van der Waals surface area contributed by atoms with Crippen LogP contribution in [-0.4, -0.2) is 23.0 Å². The number of carbonyl (C=O) groups is 1. The van der Waals surface area contributed by atoms with Crippen LogP contribution in [0.5, 0.6) is 0 Å². The predicted octanol–water partition coefficient (Wildman–Crippen LogP) is 2.67. The van der Waals surface area contributed by atoms with Crippen molar-refractivity contribution >= 4 is 32.9 Å². The van der Waals surface area contributed by atoms with Crippen molar-refractivity contribution in [1.29, 1.82) is 0 Å². The first-order valence-electron chi connectivity index (χ1n) is 4.92. The van der Waals surface area contributed by atoms with Gasteiger partial charge in [0.2, 0.25) is 0 Å². The van der Waals surface area contributed by atoms with E-state index in [1.807, 2.05) is 13.0 Å². The number of nitrogens with one attached hydrogen (secondary N) is 1. The molecule has 4 nitrogen and oxygen atoms in total. The number of rotatable bonds is 2. The summed E-state index contributed by atoms with van der Waals surface area (Å²) in [4.78, 5) is 19.0. The number of esters is 1. The van der Waals surface area contributed by atoms with Crippen LogP contribution in [0.25, 0.3) is 11.0 Å². The van der Waals surface area contributed by atoms with Crippen LogP contribution in [0.4, 0.5) is 0 Å². The van der Waals surface area contributed by atoms with E-state index in [-0.39, 0.29) is 5.97 Å². The molecule has 5 heteroatoms. The smallest absolute Gasteiger partial charge is 0.339 e. The predicted molar refractivity (Wildman–Crippen MR) is 64.5 cm³/mol. The first kappa shape index (κ1) is 11.1. The van der Waals surface area contributed by atoms with Crippen molar-refractivity contribution in [2.24, 2.45) is 0 Å². The van der Waals surface area contributed by atoms with Crippen LogP contribution in [0.1, 0.15) is 23.1 Å². The molecule has 2 rings (SSSR count). The Morgan fingerprint density at radius 1 is 1.56 bits per heavy atom. The van der Waals surface area contributed by atoms with E-state index in [1.165, 1.54) is 7.11 Å². The van der Waals surface area contributed by atoms with Gasteiger partial charge in [0.1, 0.15) is 11.3 Å². The highest BCUT2D eigenvalue weighted by Crippen LogP contribution is 2.26. The molecule has 0 bridgehead atoms. The Kier molecular flexibility index (Phi) is 2.96. The van der Waals surface area contributed by atoms with E-state index in [0.29, 0.717) is 10.0 Å². The van der Waals surface area contributed by atoms with Gasteiger partial charge in [0.25, 0.3) is 0 Å². The van der Waals surface area contributed by atoms with Crippen LogP contribution in [0.2, 0.25) is 0 Å². The van der Waals surface area contributed by atoms with Crippen molar-refractivity contribution in [3.63, 3.8) is 0 Å². The number of benzene rings is 1. The van der Waals surface area contributed by atoms with Gasteiger partial charge in [0.15, 0.2) is 0 Å². The number of ether oxygens (including phenoxy) is 1. The lowest BCUT2D eigenvalue weighted by Crippen LogP contribution is -2.02. The molecule has 2 aromatic rings. The van der Waals surface area contributed by atoms with Gasteiger partial charge in [-0.1, -0.05) is 6.92 Å². The summed E-state index contributed by atoms with van der Waals surface area (Å²) in [6.07, 6.45) is 0.828. The molecule has 16 heavy (non-hydrogen) atoms. The van der Waals surface area contributed by atoms with Gasteiger partial charge in [-0.05, 0) is 28.1 Å². The molecular weight excluding hydrogens is 272 g/mol. The molecule has 1 aromatic heterocycles. The summed E-state index contributed by atoms with van der Waals surface area (Å²) in [5.41, 5.74) is 2.17. The molecule has 0 aliphatic rings. The number of carbonyl (C=O) groups excluding carboxylic acids is 1. The summed E-state index contributed by atoms with van der Waals surface area (Å²) in [5, 5.41) is 0. The molecule has 0 amide bonds. The van der Waals surface area contributed by atoms with Gasteiger partial charge >= 0.3 is 5.97 Å². The lowest BCUT2D eigenvalue weighted by molar-refractivity contribution is 0.0600. The number of imidazole rings is 1. The SMILES string of the molecule is CCc1nc2c(Br)c(C(=O)OC)ccc2[nH]1. The molecule has 0 fully saturated rings. The van der Waals surface area contributed by atoms with Crippen LogP contribution in [0.3, 0.4) is 0 Å². The van der Waals surface area contributed by atoms with Gasteiger partial charge in [0, 0.05) is 6.42 Å². The maximum atomic E-state index is 11.5. The largest absolute Gasteiger partial charge is 0.465 e. The Morgan fingerprint density at radius 3 is 2.94 bits per heavy atom. The number of aryl methyl sites for hydroxylation is 1. The third-order valence-electron chi connectivity index (χ3n) is 2.38. The second-order valence-corrected chi connectivity index (χ2v) is 4.14. The van der Waals surface area contributed by atoms with Gasteiger partial charge in [-0.25, -0.2) is 9.78 Å². The number of aromatic amines is 1. The Labute approximate surface area is 101 Å². The van der Waals surface area contributed by atoms with Crippen molar-refractivity contribution in [3.05, 3.63) is 28.0 Å². The minimum atomic E-state index is -0.366. The Morgan fingerprint density at radius 2 is 2.31 bits per heavy atom. The highest BCUT2D eigenvalue weighted by molar-refractivity contribution is 9.10. The summed E-state index contributed by atoms with van der Waals surface area (Å²) >= 11 is 3.38. The highest BCUT2D eigenvalue weighted by atomic mass is 79.9. The number of fused-ring (bicyclic) bond motifs is 1. The fourth-order valence-electron chi connectivity index (χ4n) is 1.53. The van der Waals surface area contributed by atoms with Crippen LogP contribution >= 0.6 is 15.9 Å². The van der Waals surface area contributed by atoms with Gasteiger partial charge in [-0.15, -0.1) is 0 Å². The minimum absolute atomic E-state index is 0.366. The molecule has 1 N–H and O–H groups in total. The molecule has 0 aliphatic heterocycles. The van der Waals surface area contributed by atoms with Gasteiger partial charge < -0.3 is 9.72 Å². The van der Waals surface area contributed by atoms with Crippen LogP contribution in [0, 0.1) is 0 Å². The molecular formula is C11H11BrN2O2. The number of aromatic nitrogens is 2. The van der Waals surface area contributed by atoms with Gasteiger partial charge in [0.05, 0.1) is 22.7 Å². The fourth-order valence-corrected chi connectivity index (χ4v) is 2.12. The molecule has 0 saturated carbocycles. The second kappa shape index (κ2) is 4.25. The minimum Gasteiger partial charge on any atom is -0.465 e. The van der Waals surface area contributed by atoms with E-state index in [2.05, 4.69) is 25.9 Å². The Hall–Kier alpha value is -1.36. The summed E-state index contributed by atoms with van der Waals surface area (Å²) in [6.45, 7) is 2.02. The molecule has 0 unspecified atom stereocenters. The van der Waals surface area contributed by atoms with E-state index in [0.717, 1.165) is 23.3 Å². The quantitative estimate of drug-likeness (QED) is 0.862. The Bertz CT molecular complexity index is 548. The molecule has 0 radical (unpaired) electrons. The molecule has 0 saturated heterocycles. The van der Waals surface area contributed by atoms with E-state index in [9.17, 15) is 4.79 Å². The zero-order valence-corrected chi connectivity index (χ0v) is 10.6. The molecule has 0 atom stereocenters. The van der Waals surface area contributed by atoms with Crippen molar-refractivity contribution in [3.8, 4) is 0 Å². The van der Waals surface area contributed by atoms with Crippen LogP contribution in [-0.2, 0) is 11.2 Å². The lowest BCUT2D eigenvalue weighted by Gasteiger charge is -2.01. The van der Waals surface area contributed by atoms with Crippen molar-refractivity contribution in [1.82, 2.24) is 9.97 Å². The van der Waals surface area contributed by atoms with Gasteiger partial charge in [-0.3, -0.25) is 0 Å². The third-order valence-corrected chi connectivity index (χ3v) is 3.18. The topological polar surface area (TPSA) is 55.0 Å². The molecule has 1 heterocycles. The van der Waals surface area contributed by atoms with Crippen molar-refractivity contribution in [2.75, 3.05) is 7.11 Å². The summed E-state index contributed by atoms with van der Waals surface area (Å²) in [6, 6.07) is 3.55. The fraction of sp³-hybridized carbons (Fsp3) is 0.273. The standard InChI is InChI=1S/C11H11BrN2O2/c1-3-8-13-7-5-4-6(11(15)16-2)9(12)10(7)14-8/h4-5H,3H2,1-2H3,(H,13,14). The first-order valence-corrected chi connectivity index (χ1v) is 5.72. The molecule has 1 aromatic carbocycles. The molecule has 0 aliphatic carbocycles. The van der Waals surface area contributed by atoms with E-state index < -0.39 is 0 Å². The van der Waals surface area contributed by atoms with Gasteiger partial charge in [-0.2, -0.15) is 0 Å². The summed E-state index contributed by atoms with van der Waals surface area (Å²) < 4.78 is 5.37. The number of nitrogens with zero attached hydrogens (tertiary/aromatic N) is 1. The van der Waals surface area contributed by atoms with Crippen molar-refractivity contribution in [2.45, 2.75) is 13.3 Å². The monoisotopic (exact) mass is 282 g/mol. The zero-order valence-electron chi connectivity index (χ0n) is 9.00. The number of hydrogen-bond donors (Lipinski definition) is 1. The number of halogens is 1. The zero-order chi connectivity index (χ0) is 11.7. The molecule has 84 valence electrons. The normalized spacial score (nSPS) is 10.7. The number of H-pyrrole nitrogens is 1. The van der Waals surface area contributed by atoms with Crippen LogP contribution < -0.4 is 0 Å². The lowest BCUT2D eigenvalue weighted by atomic mass is 10.2. The molecule has 0 spiro atoms. The third kappa shape index (κ3) is 1.71. The summed E-state index contributed by atoms with van der Waals surface area (Å²) in [5.74, 6) is 0.535. The average Bonchev–Trinajstić information content (AvgIpc) is 2.72. The maximum Gasteiger partial charge on any atom is 0.339 e. The average molecular weight is 283 g/mol. The van der Waals surface area contributed by atoms with E-state index in [4.69, 9.17) is 4.74 Å². The first-order chi connectivity index (χ1) is 7.67. The summed E-state index contributed by atoms with van der Waals surface area (Å²) in [7, 11) is 1.36. The number of hydrogen-bond acceptors (Lipinski definition) is 3. The maximum absolute atomic E-state index is 11.5. The van der Waals surface area contributed by atoms with E-state index >= 15 is 0 Å².